The van der Waals surface area contributed by atoms with Crippen molar-refractivity contribution in [3.8, 4) is 5.75 Å². The molecule has 0 saturated carbocycles. The molecule has 1 heterocycles. The second-order valence-electron chi connectivity index (χ2n) is 5.45. The smallest absolute Gasteiger partial charge is 0.273 e. The monoisotopic (exact) mass is 325 g/mol. The molecule has 0 unspecified atom stereocenters. The molecular weight excluding hydrogens is 310 g/mol. The number of hydrogen-bond donors (Lipinski definition) is 0. The zero-order chi connectivity index (χ0) is 17.3. The molecule has 0 amide bonds. The maximum absolute atomic E-state index is 12.6. The normalized spacial score (nSPS) is 10.8. The lowest BCUT2D eigenvalue weighted by Crippen LogP contribution is -2.21. The van der Waals surface area contributed by atoms with E-state index in [1.54, 1.807) is 12.1 Å². The molecule has 3 rings (SSSR count). The number of ether oxygens (including phenoxy) is 1. The zero-order valence-electron chi connectivity index (χ0n) is 13.2. The van der Waals surface area contributed by atoms with Gasteiger partial charge in [0.15, 0.2) is 0 Å². The minimum Gasteiger partial charge on any atom is -0.496 e. The minimum atomic E-state index is -0.487. The maximum atomic E-state index is 12.6. The van der Waals surface area contributed by atoms with Gasteiger partial charge in [0.2, 0.25) is 0 Å². The van der Waals surface area contributed by atoms with Gasteiger partial charge >= 0.3 is 0 Å². The first-order valence-electron chi connectivity index (χ1n) is 7.26. The van der Waals surface area contributed by atoms with Crippen molar-refractivity contribution in [1.29, 1.82) is 0 Å². The molecule has 0 saturated heterocycles. The van der Waals surface area contributed by atoms with E-state index in [0.29, 0.717) is 22.2 Å². The Morgan fingerprint density at radius 1 is 1.25 bits per heavy atom. The molecular formula is C17H15N3O4. The van der Waals surface area contributed by atoms with E-state index < -0.39 is 4.92 Å². The van der Waals surface area contributed by atoms with E-state index in [9.17, 15) is 14.9 Å². The van der Waals surface area contributed by atoms with Crippen LogP contribution in [0.25, 0.3) is 10.9 Å². The summed E-state index contributed by atoms with van der Waals surface area (Å²) < 4.78 is 6.68. The van der Waals surface area contributed by atoms with E-state index in [2.05, 4.69) is 4.98 Å². The average Bonchev–Trinajstić information content (AvgIpc) is 2.58. The Kier molecular flexibility index (Phi) is 3.99. The molecule has 0 spiro atoms. The Balaban J connectivity index is 2.05. The fourth-order valence-corrected chi connectivity index (χ4v) is 2.55. The first-order chi connectivity index (χ1) is 11.5. The summed E-state index contributed by atoms with van der Waals surface area (Å²) in [6.07, 6.45) is 1.47. The van der Waals surface area contributed by atoms with Gasteiger partial charge in [0, 0.05) is 11.6 Å². The van der Waals surface area contributed by atoms with Crippen molar-refractivity contribution in [2.45, 2.75) is 13.5 Å². The summed E-state index contributed by atoms with van der Waals surface area (Å²) in [4.78, 5) is 27.3. The molecule has 7 nitrogen and oxygen atoms in total. The first-order valence-corrected chi connectivity index (χ1v) is 7.26. The number of methoxy groups -OCH3 is 1. The number of rotatable bonds is 4. The molecule has 0 atom stereocenters. The van der Waals surface area contributed by atoms with Crippen LogP contribution in [0.2, 0.25) is 0 Å². The van der Waals surface area contributed by atoms with Crippen LogP contribution in [0.15, 0.2) is 47.5 Å². The Morgan fingerprint density at radius 2 is 2.04 bits per heavy atom. The van der Waals surface area contributed by atoms with Crippen LogP contribution in [0.5, 0.6) is 5.75 Å². The van der Waals surface area contributed by atoms with Gasteiger partial charge in [0.05, 0.1) is 41.9 Å². The lowest BCUT2D eigenvalue weighted by atomic mass is 10.1. The largest absolute Gasteiger partial charge is 0.496 e. The predicted octanol–water partition coefficient (Wildman–Crippen LogP) is 2.67. The third kappa shape index (κ3) is 2.83. The van der Waals surface area contributed by atoms with Crippen LogP contribution in [0.4, 0.5) is 5.69 Å². The number of aryl methyl sites for hydroxylation is 1. The van der Waals surface area contributed by atoms with Crippen LogP contribution >= 0.6 is 0 Å². The van der Waals surface area contributed by atoms with Gasteiger partial charge in [-0.05, 0) is 25.1 Å². The molecule has 2 aromatic carbocycles. The number of fused-ring (bicyclic) bond motifs is 1. The fraction of sp³-hybridized carbons (Fsp3) is 0.176. The number of hydrogen-bond acceptors (Lipinski definition) is 5. The summed E-state index contributed by atoms with van der Waals surface area (Å²) in [6, 6.07) is 9.83. The van der Waals surface area contributed by atoms with E-state index in [0.717, 1.165) is 5.56 Å². The van der Waals surface area contributed by atoms with Gasteiger partial charge in [-0.2, -0.15) is 0 Å². The van der Waals surface area contributed by atoms with Crippen molar-refractivity contribution < 1.29 is 9.66 Å². The molecule has 1 aromatic heterocycles. The van der Waals surface area contributed by atoms with Crippen LogP contribution in [-0.4, -0.2) is 21.6 Å². The molecule has 0 aliphatic heterocycles. The summed E-state index contributed by atoms with van der Waals surface area (Å²) in [5, 5.41) is 11.4. The van der Waals surface area contributed by atoms with E-state index >= 15 is 0 Å². The van der Waals surface area contributed by atoms with Crippen molar-refractivity contribution in [1.82, 2.24) is 9.55 Å². The number of non-ortho nitro benzene ring substituents is 1. The zero-order valence-corrected chi connectivity index (χ0v) is 13.2. The van der Waals surface area contributed by atoms with Crippen molar-refractivity contribution in [2.75, 3.05) is 7.11 Å². The lowest BCUT2D eigenvalue weighted by molar-refractivity contribution is -0.384. The summed E-state index contributed by atoms with van der Waals surface area (Å²) in [5.41, 5.74) is 2.06. The maximum Gasteiger partial charge on any atom is 0.273 e. The van der Waals surface area contributed by atoms with Gasteiger partial charge in [-0.15, -0.1) is 0 Å². The van der Waals surface area contributed by atoms with Crippen molar-refractivity contribution >= 4 is 16.6 Å². The van der Waals surface area contributed by atoms with E-state index in [1.807, 2.05) is 19.1 Å². The van der Waals surface area contributed by atoms with Crippen molar-refractivity contribution in [3.63, 3.8) is 0 Å². The number of benzene rings is 2. The van der Waals surface area contributed by atoms with Gasteiger partial charge < -0.3 is 4.74 Å². The molecule has 0 aliphatic rings. The molecule has 3 aromatic rings. The molecule has 0 N–H and O–H groups in total. The van der Waals surface area contributed by atoms with Gasteiger partial charge in [0.1, 0.15) is 5.75 Å². The standard InChI is InChI=1S/C17H15N3O4/c1-11-3-6-15-14(7-11)17(21)19(10-18-15)9-12-4-5-13(20(22)23)8-16(12)24-2/h3-8,10H,9H2,1-2H3. The molecule has 0 bridgehead atoms. The SMILES string of the molecule is COc1cc([N+](=O)[O-])ccc1Cn1cnc2ccc(C)cc2c1=O. The van der Waals surface area contributed by atoms with Crippen LogP contribution in [0.1, 0.15) is 11.1 Å². The van der Waals surface area contributed by atoms with Gasteiger partial charge in [-0.3, -0.25) is 19.5 Å². The molecule has 122 valence electrons. The average molecular weight is 325 g/mol. The molecule has 0 aliphatic carbocycles. The highest BCUT2D eigenvalue weighted by molar-refractivity contribution is 5.77. The van der Waals surface area contributed by atoms with E-state index in [4.69, 9.17) is 4.74 Å². The van der Waals surface area contributed by atoms with Crippen LogP contribution in [0.3, 0.4) is 0 Å². The predicted molar refractivity (Wildman–Crippen MR) is 89.5 cm³/mol. The number of nitro benzene ring substituents is 1. The minimum absolute atomic E-state index is 0.0600. The number of nitrogens with zero attached hydrogens (tertiary/aromatic N) is 3. The highest BCUT2D eigenvalue weighted by Gasteiger charge is 2.13. The van der Waals surface area contributed by atoms with Gasteiger partial charge in [0.25, 0.3) is 11.2 Å². The summed E-state index contributed by atoms with van der Waals surface area (Å²) in [7, 11) is 1.44. The third-order valence-electron chi connectivity index (χ3n) is 3.80. The first kappa shape index (κ1) is 15.7. The van der Waals surface area contributed by atoms with E-state index in [1.165, 1.54) is 30.1 Å². The second kappa shape index (κ2) is 6.11. The summed E-state index contributed by atoms with van der Waals surface area (Å²) >= 11 is 0. The lowest BCUT2D eigenvalue weighted by Gasteiger charge is -2.11. The van der Waals surface area contributed by atoms with Crippen molar-refractivity contribution in [2.24, 2.45) is 0 Å². The molecule has 24 heavy (non-hydrogen) atoms. The Morgan fingerprint density at radius 3 is 2.75 bits per heavy atom. The van der Waals surface area contributed by atoms with Gasteiger partial charge in [-0.1, -0.05) is 11.6 Å². The Labute approximate surface area is 137 Å². The van der Waals surface area contributed by atoms with Crippen LogP contribution < -0.4 is 10.3 Å². The summed E-state index contributed by atoms with van der Waals surface area (Å²) in [5.74, 6) is 0.362. The quantitative estimate of drug-likeness (QED) is 0.543. The highest BCUT2D eigenvalue weighted by atomic mass is 16.6. The molecule has 0 fully saturated rings. The number of nitro groups is 1. The number of aromatic nitrogens is 2. The third-order valence-corrected chi connectivity index (χ3v) is 3.80. The summed E-state index contributed by atoms with van der Waals surface area (Å²) in [6.45, 7) is 2.13. The Hall–Kier alpha value is -3.22. The second-order valence-corrected chi connectivity index (χ2v) is 5.45. The highest BCUT2D eigenvalue weighted by Crippen LogP contribution is 2.25. The van der Waals surface area contributed by atoms with Crippen LogP contribution in [-0.2, 0) is 6.54 Å². The van der Waals surface area contributed by atoms with Gasteiger partial charge in [-0.25, -0.2) is 4.98 Å². The van der Waals surface area contributed by atoms with Crippen LogP contribution in [0, 0.1) is 17.0 Å². The van der Waals surface area contributed by atoms with E-state index in [-0.39, 0.29) is 17.8 Å². The fourth-order valence-electron chi connectivity index (χ4n) is 2.55. The molecule has 0 radical (unpaired) electrons. The van der Waals surface area contributed by atoms with Crippen molar-refractivity contribution in [3.05, 3.63) is 74.3 Å². The Bertz CT molecular complexity index is 995. The topological polar surface area (TPSA) is 87.3 Å². The molecule has 7 heteroatoms.